The van der Waals surface area contributed by atoms with Crippen LogP contribution in [-0.4, -0.2) is 27.4 Å². The van der Waals surface area contributed by atoms with Crippen LogP contribution < -0.4 is 10.1 Å². The molecule has 0 bridgehead atoms. The molecule has 0 spiro atoms. The standard InChI is InChI=1S/C21H20N4O2/c22-12-15-4-9-20(23-13-15)27-19-7-5-17(6-8-19)24-21(26)16-11-18-3-1-2-10-25(18)14-16/h1-4,9-11,13-14,17,19H,5-8H2,(H,24,26). The van der Waals surface area contributed by atoms with E-state index in [1.165, 1.54) is 6.20 Å². The molecule has 3 heterocycles. The van der Waals surface area contributed by atoms with Crippen LogP contribution in [0.2, 0.25) is 0 Å². The van der Waals surface area contributed by atoms with E-state index in [-0.39, 0.29) is 18.1 Å². The van der Waals surface area contributed by atoms with Crippen LogP contribution >= 0.6 is 0 Å². The lowest BCUT2D eigenvalue weighted by Crippen LogP contribution is -2.39. The van der Waals surface area contributed by atoms with E-state index in [0.29, 0.717) is 17.0 Å². The number of fused-ring (bicyclic) bond motifs is 1. The summed E-state index contributed by atoms with van der Waals surface area (Å²) in [5.41, 5.74) is 2.21. The van der Waals surface area contributed by atoms with Crippen LogP contribution in [0.25, 0.3) is 5.52 Å². The van der Waals surface area contributed by atoms with Gasteiger partial charge in [-0.25, -0.2) is 4.98 Å². The first kappa shape index (κ1) is 17.1. The lowest BCUT2D eigenvalue weighted by molar-refractivity contribution is 0.0890. The highest BCUT2D eigenvalue weighted by Crippen LogP contribution is 2.23. The van der Waals surface area contributed by atoms with Gasteiger partial charge < -0.3 is 14.5 Å². The molecule has 1 N–H and O–H groups in total. The topological polar surface area (TPSA) is 79.4 Å². The molecule has 0 unspecified atom stereocenters. The fourth-order valence-corrected chi connectivity index (χ4v) is 3.46. The Bertz CT molecular complexity index is 946. The SMILES string of the molecule is N#Cc1ccc(OC2CCC(NC(=O)c3cc4ccccn4c3)CC2)nc1. The highest BCUT2D eigenvalue weighted by Gasteiger charge is 2.24. The van der Waals surface area contributed by atoms with Gasteiger partial charge in [0.05, 0.1) is 11.1 Å². The average Bonchev–Trinajstić information content (AvgIpc) is 3.14. The number of nitriles is 1. The summed E-state index contributed by atoms with van der Waals surface area (Å²) in [5, 5.41) is 11.9. The maximum absolute atomic E-state index is 12.5. The van der Waals surface area contributed by atoms with Crippen LogP contribution in [0.5, 0.6) is 5.88 Å². The van der Waals surface area contributed by atoms with E-state index >= 15 is 0 Å². The number of aromatic nitrogens is 2. The molecule has 1 fully saturated rings. The molecule has 1 aliphatic rings. The summed E-state index contributed by atoms with van der Waals surface area (Å²) in [7, 11) is 0. The van der Waals surface area contributed by atoms with Crippen LogP contribution in [0, 0.1) is 11.3 Å². The Morgan fingerprint density at radius 2 is 2.07 bits per heavy atom. The van der Waals surface area contributed by atoms with Crippen molar-refractivity contribution in [3.8, 4) is 11.9 Å². The highest BCUT2D eigenvalue weighted by molar-refractivity contribution is 5.95. The van der Waals surface area contributed by atoms with Gasteiger partial charge in [-0.1, -0.05) is 6.07 Å². The summed E-state index contributed by atoms with van der Waals surface area (Å²) in [6.07, 6.45) is 8.88. The van der Waals surface area contributed by atoms with Gasteiger partial charge in [-0.05, 0) is 49.9 Å². The van der Waals surface area contributed by atoms with Gasteiger partial charge in [0, 0.05) is 36.2 Å². The lowest BCUT2D eigenvalue weighted by atomic mass is 9.93. The lowest BCUT2D eigenvalue weighted by Gasteiger charge is -2.29. The number of nitrogens with zero attached hydrogens (tertiary/aromatic N) is 3. The van der Waals surface area contributed by atoms with Crippen LogP contribution in [0.4, 0.5) is 0 Å². The molecule has 0 atom stereocenters. The number of rotatable bonds is 4. The summed E-state index contributed by atoms with van der Waals surface area (Å²) in [4.78, 5) is 16.7. The summed E-state index contributed by atoms with van der Waals surface area (Å²) in [5.74, 6) is 0.513. The van der Waals surface area contributed by atoms with Gasteiger partial charge in [-0.15, -0.1) is 0 Å². The van der Waals surface area contributed by atoms with E-state index < -0.39 is 0 Å². The van der Waals surface area contributed by atoms with Crippen molar-refractivity contribution in [1.82, 2.24) is 14.7 Å². The third-order valence-corrected chi connectivity index (χ3v) is 4.93. The number of pyridine rings is 2. The van der Waals surface area contributed by atoms with E-state index in [4.69, 9.17) is 10.00 Å². The molecule has 0 aliphatic heterocycles. The minimum absolute atomic E-state index is 0.0307. The van der Waals surface area contributed by atoms with Crippen LogP contribution in [0.3, 0.4) is 0 Å². The molecule has 0 aromatic carbocycles. The molecule has 6 nitrogen and oxygen atoms in total. The molecule has 1 aliphatic carbocycles. The monoisotopic (exact) mass is 360 g/mol. The van der Waals surface area contributed by atoms with Gasteiger partial charge >= 0.3 is 0 Å². The van der Waals surface area contributed by atoms with E-state index in [2.05, 4.69) is 10.3 Å². The zero-order chi connectivity index (χ0) is 18.6. The van der Waals surface area contributed by atoms with Gasteiger partial charge in [0.25, 0.3) is 5.91 Å². The molecule has 3 aromatic rings. The molecule has 6 heteroatoms. The Labute approximate surface area is 157 Å². The van der Waals surface area contributed by atoms with Crippen molar-refractivity contribution in [3.05, 3.63) is 66.1 Å². The molecule has 1 amide bonds. The first-order chi connectivity index (χ1) is 13.2. The quantitative estimate of drug-likeness (QED) is 0.774. The molecule has 1 saturated carbocycles. The Morgan fingerprint density at radius 3 is 2.78 bits per heavy atom. The number of carbonyl (C=O) groups is 1. The summed E-state index contributed by atoms with van der Waals surface area (Å²) in [6.45, 7) is 0. The molecule has 27 heavy (non-hydrogen) atoms. The van der Waals surface area contributed by atoms with Gasteiger partial charge in [0.15, 0.2) is 0 Å². The van der Waals surface area contributed by atoms with E-state index in [0.717, 1.165) is 31.2 Å². The molecular weight excluding hydrogens is 340 g/mol. The predicted octanol–water partition coefficient (Wildman–Crippen LogP) is 3.33. The molecule has 136 valence electrons. The molecule has 0 saturated heterocycles. The van der Waals surface area contributed by atoms with Gasteiger partial charge in [-0.2, -0.15) is 5.26 Å². The second-order valence-electron chi connectivity index (χ2n) is 6.82. The van der Waals surface area contributed by atoms with Crippen molar-refractivity contribution in [2.75, 3.05) is 0 Å². The van der Waals surface area contributed by atoms with Crippen molar-refractivity contribution in [2.45, 2.75) is 37.8 Å². The first-order valence-corrected chi connectivity index (χ1v) is 9.12. The maximum atomic E-state index is 12.5. The van der Waals surface area contributed by atoms with Crippen LogP contribution in [-0.2, 0) is 0 Å². The second kappa shape index (κ2) is 7.50. The highest BCUT2D eigenvalue weighted by atomic mass is 16.5. The van der Waals surface area contributed by atoms with E-state index in [9.17, 15) is 4.79 Å². The number of amides is 1. The van der Waals surface area contributed by atoms with Crippen molar-refractivity contribution in [2.24, 2.45) is 0 Å². The molecular formula is C21H20N4O2. The third kappa shape index (κ3) is 3.93. The molecule has 3 aromatic heterocycles. The first-order valence-electron chi connectivity index (χ1n) is 9.12. The Balaban J connectivity index is 1.29. The Hall–Kier alpha value is -3.33. The van der Waals surface area contributed by atoms with Gasteiger partial charge in [0.2, 0.25) is 5.88 Å². The fourth-order valence-electron chi connectivity index (χ4n) is 3.46. The van der Waals surface area contributed by atoms with Gasteiger partial charge in [-0.3, -0.25) is 4.79 Å². The number of nitrogens with one attached hydrogen (secondary N) is 1. The Morgan fingerprint density at radius 1 is 1.22 bits per heavy atom. The van der Waals surface area contributed by atoms with E-state index in [1.807, 2.05) is 47.1 Å². The summed E-state index contributed by atoms with van der Waals surface area (Å²) in [6, 6.07) is 13.4. The minimum Gasteiger partial charge on any atom is -0.474 e. The number of carbonyl (C=O) groups excluding carboxylic acids is 1. The predicted molar refractivity (Wildman–Crippen MR) is 100 cm³/mol. The zero-order valence-electron chi connectivity index (χ0n) is 14.8. The van der Waals surface area contributed by atoms with Crippen LogP contribution in [0.1, 0.15) is 41.6 Å². The fraction of sp³-hybridized carbons (Fsp3) is 0.286. The maximum Gasteiger partial charge on any atom is 0.253 e. The average molecular weight is 360 g/mol. The van der Waals surface area contributed by atoms with E-state index in [1.54, 1.807) is 12.1 Å². The number of hydrogen-bond donors (Lipinski definition) is 1. The largest absolute Gasteiger partial charge is 0.474 e. The number of hydrogen-bond acceptors (Lipinski definition) is 4. The number of ether oxygens (including phenoxy) is 1. The normalized spacial score (nSPS) is 19.4. The second-order valence-corrected chi connectivity index (χ2v) is 6.82. The van der Waals surface area contributed by atoms with Crippen molar-refractivity contribution in [1.29, 1.82) is 5.26 Å². The smallest absolute Gasteiger partial charge is 0.253 e. The third-order valence-electron chi connectivity index (χ3n) is 4.93. The Kier molecular flexibility index (Phi) is 4.75. The molecule has 0 radical (unpaired) electrons. The summed E-state index contributed by atoms with van der Waals surface area (Å²) >= 11 is 0. The van der Waals surface area contributed by atoms with Gasteiger partial charge in [0.1, 0.15) is 12.2 Å². The zero-order valence-corrected chi connectivity index (χ0v) is 14.8. The summed E-state index contributed by atoms with van der Waals surface area (Å²) < 4.78 is 7.84. The van der Waals surface area contributed by atoms with Crippen molar-refractivity contribution >= 4 is 11.4 Å². The van der Waals surface area contributed by atoms with Crippen molar-refractivity contribution < 1.29 is 9.53 Å². The molecule has 4 rings (SSSR count). The van der Waals surface area contributed by atoms with Crippen LogP contribution in [0.15, 0.2) is 55.0 Å². The van der Waals surface area contributed by atoms with Crippen molar-refractivity contribution in [3.63, 3.8) is 0 Å². The minimum atomic E-state index is -0.0307.